The number of aromatic nitrogens is 3. The Bertz CT molecular complexity index is 1150. The molecule has 4 rings (SSSR count). The van der Waals surface area contributed by atoms with Gasteiger partial charge in [-0.1, -0.05) is 17.7 Å². The van der Waals surface area contributed by atoms with Crippen LogP contribution in [0.1, 0.15) is 42.6 Å². The molecule has 1 fully saturated rings. The Kier molecular flexibility index (Phi) is 8.49. The van der Waals surface area contributed by atoms with Gasteiger partial charge in [-0.3, -0.25) is 4.90 Å². The molecule has 0 unspecified atom stereocenters. The summed E-state index contributed by atoms with van der Waals surface area (Å²) in [5.74, 6) is -3.26. The minimum atomic E-state index is -5.08. The summed E-state index contributed by atoms with van der Waals surface area (Å²) in [6, 6.07) is 4.09. The molecule has 0 atom stereocenters. The van der Waals surface area contributed by atoms with E-state index in [2.05, 4.69) is 15.2 Å². The van der Waals surface area contributed by atoms with E-state index in [1.165, 1.54) is 35.7 Å². The Morgan fingerprint density at radius 2 is 1.74 bits per heavy atom. The molecule has 2 aromatic rings. The molecule has 0 bridgehead atoms. The number of piperidine rings is 1. The maximum absolute atomic E-state index is 14.0. The molecule has 14 heteroatoms. The Hall–Kier alpha value is -2.58. The maximum Gasteiger partial charge on any atom is 0.490 e. The fourth-order valence-electron chi connectivity index (χ4n) is 3.90. The van der Waals surface area contributed by atoms with Crippen LogP contribution in [0.25, 0.3) is 0 Å². The molecule has 1 saturated heterocycles. The molecule has 0 radical (unpaired) electrons. The van der Waals surface area contributed by atoms with Crippen molar-refractivity contribution in [1.29, 1.82) is 0 Å². The summed E-state index contributed by atoms with van der Waals surface area (Å²) in [5.41, 5.74) is 2.12. The van der Waals surface area contributed by atoms with E-state index in [1.54, 1.807) is 6.92 Å². The van der Waals surface area contributed by atoms with Gasteiger partial charge in [0.25, 0.3) is 0 Å². The third kappa shape index (κ3) is 6.76. The highest BCUT2D eigenvalue weighted by atomic mass is 32.2. The van der Waals surface area contributed by atoms with Gasteiger partial charge < -0.3 is 5.11 Å². The van der Waals surface area contributed by atoms with E-state index in [0.717, 1.165) is 30.5 Å². The first kappa shape index (κ1) is 27.0. The number of rotatable bonds is 4. The van der Waals surface area contributed by atoms with E-state index in [0.29, 0.717) is 31.6 Å². The Morgan fingerprint density at radius 1 is 1.09 bits per heavy atom. The van der Waals surface area contributed by atoms with Crippen molar-refractivity contribution in [2.75, 3.05) is 19.6 Å². The number of aliphatic carboxylic acids is 1. The highest BCUT2D eigenvalue weighted by Crippen LogP contribution is 2.25. The van der Waals surface area contributed by atoms with Crippen LogP contribution in [0, 0.1) is 12.7 Å². The van der Waals surface area contributed by atoms with Gasteiger partial charge in [0.1, 0.15) is 11.5 Å². The van der Waals surface area contributed by atoms with Crippen LogP contribution in [0.15, 0.2) is 23.1 Å². The van der Waals surface area contributed by atoms with Crippen molar-refractivity contribution in [2.45, 2.75) is 63.3 Å². The summed E-state index contributed by atoms with van der Waals surface area (Å²) in [7, 11) is -3.78. The molecular weight excluding hydrogens is 494 g/mol. The third-order valence-electron chi connectivity index (χ3n) is 5.87. The molecule has 0 spiro atoms. The van der Waals surface area contributed by atoms with Gasteiger partial charge in [-0.2, -0.15) is 17.5 Å². The van der Waals surface area contributed by atoms with E-state index < -0.39 is 28.0 Å². The molecule has 1 aromatic heterocycles. The molecule has 0 saturated carbocycles. The van der Waals surface area contributed by atoms with Crippen molar-refractivity contribution in [3.63, 3.8) is 0 Å². The second kappa shape index (κ2) is 11.0. The first-order valence-electron chi connectivity index (χ1n) is 11.1. The zero-order valence-corrected chi connectivity index (χ0v) is 19.9. The van der Waals surface area contributed by atoms with Crippen LogP contribution < -0.4 is 0 Å². The molecule has 2 aliphatic heterocycles. The van der Waals surface area contributed by atoms with Crippen LogP contribution in [0.4, 0.5) is 17.6 Å². The molecule has 1 aromatic carbocycles. The van der Waals surface area contributed by atoms with Gasteiger partial charge in [-0.25, -0.2) is 22.3 Å². The van der Waals surface area contributed by atoms with E-state index in [1.807, 2.05) is 4.68 Å². The van der Waals surface area contributed by atoms with Crippen molar-refractivity contribution < 1.29 is 35.9 Å². The Morgan fingerprint density at radius 3 is 2.34 bits per heavy atom. The van der Waals surface area contributed by atoms with E-state index >= 15 is 0 Å². The number of fused-ring (bicyclic) bond motifs is 1. The van der Waals surface area contributed by atoms with Crippen LogP contribution in [0.2, 0.25) is 0 Å². The number of nitrogens with zero attached hydrogens (tertiary/aromatic N) is 5. The van der Waals surface area contributed by atoms with E-state index in [4.69, 9.17) is 9.90 Å². The molecule has 9 nitrogen and oxygen atoms in total. The SMILES string of the molecule is Cc1ccc(S(=O)(=O)N2CCCn3nnc(CN4CCCCC4)c3C2)cc1F.O=C(O)C(F)(F)F. The Balaban J connectivity index is 0.000000429. The van der Waals surface area contributed by atoms with Crippen LogP contribution in [0.3, 0.4) is 0 Å². The third-order valence-corrected chi connectivity index (χ3v) is 7.71. The maximum atomic E-state index is 14.0. The van der Waals surface area contributed by atoms with Gasteiger partial charge in [0, 0.05) is 19.6 Å². The molecule has 3 heterocycles. The highest BCUT2D eigenvalue weighted by molar-refractivity contribution is 7.89. The minimum absolute atomic E-state index is 0.00546. The summed E-state index contributed by atoms with van der Waals surface area (Å²) in [5, 5.41) is 15.7. The normalized spacial score (nSPS) is 17.7. The van der Waals surface area contributed by atoms with Gasteiger partial charge in [-0.15, -0.1) is 5.10 Å². The zero-order chi connectivity index (χ0) is 25.8. The van der Waals surface area contributed by atoms with Gasteiger partial charge in [0.05, 0.1) is 17.1 Å². The Labute approximate surface area is 200 Å². The van der Waals surface area contributed by atoms with Gasteiger partial charge >= 0.3 is 12.1 Å². The second-order valence-electron chi connectivity index (χ2n) is 8.45. The molecule has 194 valence electrons. The van der Waals surface area contributed by atoms with Crippen molar-refractivity contribution in [2.24, 2.45) is 0 Å². The summed E-state index contributed by atoms with van der Waals surface area (Å²) in [6.45, 7) is 5.63. The number of aryl methyl sites for hydroxylation is 2. The lowest BCUT2D eigenvalue weighted by atomic mass is 10.1. The van der Waals surface area contributed by atoms with Crippen LogP contribution in [0.5, 0.6) is 0 Å². The summed E-state index contributed by atoms with van der Waals surface area (Å²) in [6.07, 6.45) is -0.811. The number of carboxylic acid groups (broad SMARTS) is 1. The average Bonchev–Trinajstić information content (AvgIpc) is 3.02. The number of hydrogen-bond acceptors (Lipinski definition) is 6. The first-order chi connectivity index (χ1) is 16.4. The average molecular weight is 522 g/mol. The van der Waals surface area contributed by atoms with Crippen LogP contribution in [-0.4, -0.2) is 69.5 Å². The van der Waals surface area contributed by atoms with Crippen LogP contribution >= 0.6 is 0 Å². The number of sulfonamides is 1. The van der Waals surface area contributed by atoms with Crippen molar-refractivity contribution in [3.05, 3.63) is 41.0 Å². The van der Waals surface area contributed by atoms with Crippen molar-refractivity contribution in [1.82, 2.24) is 24.2 Å². The number of carbonyl (C=O) groups is 1. The summed E-state index contributed by atoms with van der Waals surface area (Å²) < 4.78 is 75.2. The smallest absolute Gasteiger partial charge is 0.475 e. The van der Waals surface area contributed by atoms with Crippen molar-refractivity contribution in [3.8, 4) is 0 Å². The summed E-state index contributed by atoms with van der Waals surface area (Å²) >= 11 is 0. The highest BCUT2D eigenvalue weighted by Gasteiger charge is 2.38. The van der Waals surface area contributed by atoms with E-state index in [-0.39, 0.29) is 11.4 Å². The van der Waals surface area contributed by atoms with Gasteiger partial charge in [0.15, 0.2) is 0 Å². The van der Waals surface area contributed by atoms with E-state index in [9.17, 15) is 26.0 Å². The molecular formula is C21H27F4N5O4S. The summed E-state index contributed by atoms with van der Waals surface area (Å²) in [4.78, 5) is 11.2. The number of likely N-dealkylation sites (tertiary alicyclic amines) is 1. The largest absolute Gasteiger partial charge is 0.490 e. The monoisotopic (exact) mass is 521 g/mol. The first-order valence-corrected chi connectivity index (χ1v) is 12.5. The lowest BCUT2D eigenvalue weighted by Gasteiger charge is -2.26. The standard InChI is InChI=1S/C19H26FN5O2S.C2HF3O2/c1-15-6-7-16(12-17(15)20)28(26,27)24-10-5-11-25-19(14-24)18(21-22-25)13-23-8-3-2-4-9-23;3-2(4,5)1(6)7/h6-7,12H,2-5,8-11,13-14H2,1H3;(H,6,7). The topological polar surface area (TPSA) is 109 Å². The molecule has 0 aliphatic carbocycles. The quantitative estimate of drug-likeness (QED) is 0.617. The lowest BCUT2D eigenvalue weighted by molar-refractivity contribution is -0.192. The molecule has 35 heavy (non-hydrogen) atoms. The number of carboxylic acids is 1. The van der Waals surface area contributed by atoms with Crippen LogP contribution in [-0.2, 0) is 34.5 Å². The second-order valence-corrected chi connectivity index (χ2v) is 10.4. The predicted octanol–water partition coefficient (Wildman–Crippen LogP) is 2.94. The number of halogens is 4. The lowest BCUT2D eigenvalue weighted by Crippen LogP contribution is -2.32. The number of alkyl halides is 3. The molecule has 2 aliphatic rings. The fraction of sp³-hybridized carbons (Fsp3) is 0.571. The van der Waals surface area contributed by atoms with Gasteiger partial charge in [-0.05, 0) is 57.0 Å². The van der Waals surface area contributed by atoms with Gasteiger partial charge in [0.2, 0.25) is 10.0 Å². The fourth-order valence-corrected chi connectivity index (χ4v) is 5.36. The zero-order valence-electron chi connectivity index (χ0n) is 19.1. The number of hydrogen-bond donors (Lipinski definition) is 1. The predicted molar refractivity (Wildman–Crippen MR) is 116 cm³/mol. The number of benzene rings is 1. The van der Waals surface area contributed by atoms with Crippen molar-refractivity contribution >= 4 is 16.0 Å². The minimum Gasteiger partial charge on any atom is -0.475 e. The molecule has 1 N–H and O–H groups in total. The molecule has 0 amide bonds.